The van der Waals surface area contributed by atoms with E-state index in [1.165, 1.54) is 36.4 Å². The van der Waals surface area contributed by atoms with Gasteiger partial charge in [-0.2, -0.15) is 8.42 Å². The van der Waals surface area contributed by atoms with E-state index in [4.69, 9.17) is 9.29 Å². The summed E-state index contributed by atoms with van der Waals surface area (Å²) in [5.41, 5.74) is -0.110. The molecule has 0 atom stereocenters. The van der Waals surface area contributed by atoms with E-state index in [1.807, 2.05) is 0 Å². The van der Waals surface area contributed by atoms with Gasteiger partial charge in [-0.3, -0.25) is 14.3 Å². The molecule has 0 aromatic heterocycles. The summed E-state index contributed by atoms with van der Waals surface area (Å²) in [6.45, 7) is -0.367. The summed E-state index contributed by atoms with van der Waals surface area (Å²) in [7, 11) is -4.32. The Morgan fingerprint density at radius 2 is 1.74 bits per heavy atom. The summed E-state index contributed by atoms with van der Waals surface area (Å²) in [6.07, 6.45) is 0. The Morgan fingerprint density at radius 1 is 1.13 bits per heavy atom. The first-order chi connectivity index (χ1) is 10.8. The third-order valence-electron chi connectivity index (χ3n) is 2.91. The largest absolute Gasteiger partial charge is 0.478 e. The number of nitro benzene ring substituents is 1. The highest BCUT2D eigenvalue weighted by Gasteiger charge is 2.26. The zero-order chi connectivity index (χ0) is 17.0. The van der Waals surface area contributed by atoms with Crippen molar-refractivity contribution >= 4 is 21.8 Å². The smallest absolute Gasteiger partial charge is 0.335 e. The lowest BCUT2D eigenvalue weighted by atomic mass is 10.1. The van der Waals surface area contributed by atoms with Gasteiger partial charge in [0.05, 0.1) is 17.1 Å². The summed E-state index contributed by atoms with van der Waals surface area (Å²) in [4.78, 5) is 20.3. The molecule has 1 N–H and O–H groups in total. The molecule has 0 spiro atoms. The lowest BCUT2D eigenvalue weighted by Gasteiger charge is -2.06. The van der Waals surface area contributed by atoms with Gasteiger partial charge in [-0.1, -0.05) is 24.3 Å². The molecule has 2 rings (SSSR count). The highest BCUT2D eigenvalue weighted by Crippen LogP contribution is 2.25. The third kappa shape index (κ3) is 3.90. The summed E-state index contributed by atoms with van der Waals surface area (Å²) >= 11 is 0. The van der Waals surface area contributed by atoms with E-state index in [0.29, 0.717) is 5.56 Å². The minimum atomic E-state index is -4.32. The number of para-hydroxylation sites is 1. The van der Waals surface area contributed by atoms with Crippen LogP contribution in [0.3, 0.4) is 0 Å². The van der Waals surface area contributed by atoms with Gasteiger partial charge in [0.15, 0.2) is 4.90 Å². The molecular weight excluding hydrogens is 326 g/mol. The quantitative estimate of drug-likeness (QED) is 0.486. The first-order valence-electron chi connectivity index (χ1n) is 6.26. The molecular formula is C14H11NO7S. The number of nitro groups is 1. The van der Waals surface area contributed by atoms with E-state index in [9.17, 15) is 23.3 Å². The molecule has 9 heteroatoms. The van der Waals surface area contributed by atoms with Crippen molar-refractivity contribution in [3.05, 3.63) is 69.8 Å². The summed E-state index contributed by atoms with van der Waals surface area (Å²) in [5, 5.41) is 19.6. The van der Waals surface area contributed by atoms with Crippen LogP contribution in [0.15, 0.2) is 53.4 Å². The maximum atomic E-state index is 12.1. The van der Waals surface area contributed by atoms with Crippen molar-refractivity contribution in [2.24, 2.45) is 0 Å². The van der Waals surface area contributed by atoms with Gasteiger partial charge in [0.25, 0.3) is 5.69 Å². The molecule has 120 valence electrons. The molecule has 2 aromatic rings. The lowest BCUT2D eigenvalue weighted by molar-refractivity contribution is -0.387. The van der Waals surface area contributed by atoms with Gasteiger partial charge in [0.2, 0.25) is 0 Å². The second-order valence-electron chi connectivity index (χ2n) is 4.44. The van der Waals surface area contributed by atoms with Crippen molar-refractivity contribution < 1.29 is 27.4 Å². The van der Waals surface area contributed by atoms with Crippen molar-refractivity contribution in [1.29, 1.82) is 0 Å². The minimum absolute atomic E-state index is 0.0512. The van der Waals surface area contributed by atoms with E-state index in [1.54, 1.807) is 0 Å². The highest BCUT2D eigenvalue weighted by atomic mass is 32.2. The van der Waals surface area contributed by atoms with E-state index in [-0.39, 0.29) is 12.2 Å². The minimum Gasteiger partial charge on any atom is -0.478 e. The number of hydrogen-bond acceptors (Lipinski definition) is 6. The second-order valence-corrected chi connectivity index (χ2v) is 6.03. The summed E-state index contributed by atoms with van der Waals surface area (Å²) in [6, 6.07) is 10.3. The van der Waals surface area contributed by atoms with E-state index >= 15 is 0 Å². The van der Waals surface area contributed by atoms with Gasteiger partial charge in [-0.05, 0) is 23.8 Å². The topological polar surface area (TPSA) is 124 Å². The van der Waals surface area contributed by atoms with Crippen molar-refractivity contribution in [3.8, 4) is 0 Å². The van der Waals surface area contributed by atoms with Gasteiger partial charge in [0.1, 0.15) is 0 Å². The number of carboxylic acid groups (broad SMARTS) is 1. The molecule has 8 nitrogen and oxygen atoms in total. The number of benzene rings is 2. The fourth-order valence-electron chi connectivity index (χ4n) is 1.77. The third-order valence-corrected chi connectivity index (χ3v) is 4.22. The Balaban J connectivity index is 2.19. The fourth-order valence-corrected chi connectivity index (χ4v) is 2.83. The zero-order valence-electron chi connectivity index (χ0n) is 11.6. The normalized spacial score (nSPS) is 11.1. The van der Waals surface area contributed by atoms with E-state index in [0.717, 1.165) is 12.1 Å². The van der Waals surface area contributed by atoms with Gasteiger partial charge in [-0.25, -0.2) is 4.79 Å². The van der Waals surface area contributed by atoms with E-state index in [2.05, 4.69) is 0 Å². The lowest BCUT2D eigenvalue weighted by Crippen LogP contribution is -2.09. The van der Waals surface area contributed by atoms with Crippen LogP contribution in [-0.2, 0) is 20.9 Å². The van der Waals surface area contributed by atoms with Crippen LogP contribution in [0.5, 0.6) is 0 Å². The predicted molar refractivity (Wildman–Crippen MR) is 78.5 cm³/mol. The first-order valence-corrected chi connectivity index (χ1v) is 7.67. The number of carbonyl (C=O) groups is 1. The van der Waals surface area contributed by atoms with E-state index < -0.39 is 31.6 Å². The molecule has 0 aliphatic carbocycles. The van der Waals surface area contributed by atoms with Gasteiger partial charge < -0.3 is 5.11 Å². The number of nitrogens with zero attached hydrogens (tertiary/aromatic N) is 1. The summed E-state index contributed by atoms with van der Waals surface area (Å²) in [5.74, 6) is -1.11. The SMILES string of the molecule is O=C(O)c1ccc(COS(=O)(=O)c2ccccc2[N+](=O)[O-])cc1. The van der Waals surface area contributed by atoms with Crippen LogP contribution >= 0.6 is 0 Å². The van der Waals surface area contributed by atoms with Crippen molar-refractivity contribution in [1.82, 2.24) is 0 Å². The molecule has 0 saturated carbocycles. The molecule has 0 unspecified atom stereocenters. The molecule has 0 fully saturated rings. The van der Waals surface area contributed by atoms with Crippen LogP contribution in [0.1, 0.15) is 15.9 Å². The maximum absolute atomic E-state index is 12.1. The Bertz CT molecular complexity index is 844. The molecule has 0 heterocycles. The van der Waals surface area contributed by atoms with Gasteiger partial charge in [-0.15, -0.1) is 0 Å². The van der Waals surface area contributed by atoms with Crippen LogP contribution in [-0.4, -0.2) is 24.4 Å². The standard InChI is InChI=1S/C14H11NO7S/c16-14(17)11-7-5-10(6-8-11)9-22-23(20,21)13-4-2-1-3-12(13)15(18)19/h1-8H,9H2,(H,16,17). The predicted octanol–water partition coefficient (Wildman–Crippen LogP) is 2.20. The van der Waals surface area contributed by atoms with Crippen LogP contribution in [0.4, 0.5) is 5.69 Å². The zero-order valence-corrected chi connectivity index (χ0v) is 12.4. The van der Waals surface area contributed by atoms with Crippen molar-refractivity contribution in [2.45, 2.75) is 11.5 Å². The second kappa shape index (κ2) is 6.55. The molecule has 0 radical (unpaired) electrons. The van der Waals surface area contributed by atoms with Crippen molar-refractivity contribution in [3.63, 3.8) is 0 Å². The molecule has 23 heavy (non-hydrogen) atoms. The molecule has 0 aliphatic rings. The van der Waals surface area contributed by atoms with Crippen LogP contribution in [0.2, 0.25) is 0 Å². The Labute approximate surface area is 131 Å². The average Bonchev–Trinajstić information content (AvgIpc) is 2.53. The molecule has 0 saturated heterocycles. The number of carboxylic acids is 1. The highest BCUT2D eigenvalue weighted by molar-refractivity contribution is 7.86. The molecule has 0 bridgehead atoms. The fraction of sp³-hybridized carbons (Fsp3) is 0.0714. The summed E-state index contributed by atoms with van der Waals surface area (Å²) < 4.78 is 29.0. The van der Waals surface area contributed by atoms with Crippen LogP contribution in [0.25, 0.3) is 0 Å². The molecule has 2 aromatic carbocycles. The van der Waals surface area contributed by atoms with Crippen molar-refractivity contribution in [2.75, 3.05) is 0 Å². The first kappa shape index (κ1) is 16.6. The van der Waals surface area contributed by atoms with Crippen LogP contribution in [0, 0.1) is 10.1 Å². The number of rotatable bonds is 6. The van der Waals surface area contributed by atoms with Gasteiger partial charge >= 0.3 is 16.1 Å². The monoisotopic (exact) mass is 337 g/mol. The Morgan fingerprint density at radius 3 is 2.30 bits per heavy atom. The Kier molecular flexibility index (Phi) is 4.72. The van der Waals surface area contributed by atoms with Gasteiger partial charge in [0, 0.05) is 6.07 Å². The number of aromatic carboxylic acids is 1. The van der Waals surface area contributed by atoms with Crippen LogP contribution < -0.4 is 0 Å². The Hall–Kier alpha value is -2.78. The maximum Gasteiger partial charge on any atom is 0.335 e. The number of hydrogen-bond donors (Lipinski definition) is 1. The molecule has 0 amide bonds. The molecule has 0 aliphatic heterocycles. The average molecular weight is 337 g/mol.